The highest BCUT2D eigenvalue weighted by atomic mass is 16.7. The molecule has 0 aromatic heterocycles. The summed E-state index contributed by atoms with van der Waals surface area (Å²) in [4.78, 5) is 17.0. The summed E-state index contributed by atoms with van der Waals surface area (Å²) in [6.45, 7) is 0. The predicted molar refractivity (Wildman–Crippen MR) is 86.5 cm³/mol. The van der Waals surface area contributed by atoms with E-state index in [9.17, 15) is 4.79 Å². The summed E-state index contributed by atoms with van der Waals surface area (Å²) in [5, 5.41) is 5.73. The number of hydrogen-bond acceptors (Lipinski definition) is 3. The first-order valence-corrected chi connectivity index (χ1v) is 6.83. The van der Waals surface area contributed by atoms with Crippen molar-refractivity contribution in [1.82, 2.24) is 0 Å². The summed E-state index contributed by atoms with van der Waals surface area (Å²) < 4.78 is 0. The molecule has 0 bridgehead atoms. The molecule has 0 saturated carbocycles. The number of fused-ring (bicyclic) bond motifs is 1. The number of oxime groups is 1. The maximum atomic E-state index is 12.0. The zero-order valence-corrected chi connectivity index (χ0v) is 11.8. The van der Waals surface area contributed by atoms with Gasteiger partial charge in [-0.2, -0.15) is 0 Å². The lowest BCUT2D eigenvalue weighted by molar-refractivity contribution is 0.0516. The molecule has 0 heterocycles. The van der Waals surface area contributed by atoms with Gasteiger partial charge in [0.2, 0.25) is 0 Å². The summed E-state index contributed by atoms with van der Waals surface area (Å²) in [5.41, 5.74) is 6.92. The van der Waals surface area contributed by atoms with Gasteiger partial charge in [0.05, 0.1) is 5.56 Å². The first-order valence-electron chi connectivity index (χ1n) is 6.83. The Morgan fingerprint density at radius 2 is 1.50 bits per heavy atom. The van der Waals surface area contributed by atoms with Crippen molar-refractivity contribution >= 4 is 22.6 Å². The molecule has 108 valence electrons. The van der Waals surface area contributed by atoms with Crippen molar-refractivity contribution in [2.75, 3.05) is 0 Å². The normalized spacial score (nSPS) is 11.4. The Kier molecular flexibility index (Phi) is 3.83. The summed E-state index contributed by atoms with van der Waals surface area (Å²) in [6.07, 6.45) is 0. The molecule has 0 fully saturated rings. The van der Waals surface area contributed by atoms with Crippen LogP contribution in [0.1, 0.15) is 15.9 Å². The molecule has 4 nitrogen and oxygen atoms in total. The highest BCUT2D eigenvalue weighted by Crippen LogP contribution is 2.16. The lowest BCUT2D eigenvalue weighted by Crippen LogP contribution is -2.15. The molecule has 0 unspecified atom stereocenters. The van der Waals surface area contributed by atoms with E-state index in [1.54, 1.807) is 24.3 Å². The Labute approximate surface area is 127 Å². The van der Waals surface area contributed by atoms with Gasteiger partial charge in [-0.15, -0.1) is 0 Å². The van der Waals surface area contributed by atoms with Crippen LogP contribution in [0.2, 0.25) is 0 Å². The van der Waals surface area contributed by atoms with Gasteiger partial charge in [-0.05, 0) is 22.9 Å². The third kappa shape index (κ3) is 2.96. The quantitative estimate of drug-likeness (QED) is 0.348. The van der Waals surface area contributed by atoms with Gasteiger partial charge in [0.1, 0.15) is 0 Å². The Hall–Kier alpha value is -3.14. The largest absolute Gasteiger partial charge is 0.380 e. The molecule has 3 aromatic carbocycles. The van der Waals surface area contributed by atoms with Crippen molar-refractivity contribution in [3.05, 3.63) is 83.9 Å². The molecule has 22 heavy (non-hydrogen) atoms. The van der Waals surface area contributed by atoms with Crippen LogP contribution < -0.4 is 5.73 Å². The lowest BCUT2D eigenvalue weighted by Gasteiger charge is -2.03. The Balaban J connectivity index is 1.78. The second-order valence-electron chi connectivity index (χ2n) is 4.78. The Morgan fingerprint density at radius 1 is 0.818 bits per heavy atom. The first kappa shape index (κ1) is 13.8. The van der Waals surface area contributed by atoms with Crippen LogP contribution in [0.25, 0.3) is 10.8 Å². The van der Waals surface area contributed by atoms with Crippen LogP contribution in [0.4, 0.5) is 0 Å². The van der Waals surface area contributed by atoms with Gasteiger partial charge in [0, 0.05) is 5.56 Å². The van der Waals surface area contributed by atoms with Crippen molar-refractivity contribution < 1.29 is 9.63 Å². The van der Waals surface area contributed by atoms with E-state index in [0.29, 0.717) is 11.1 Å². The van der Waals surface area contributed by atoms with Crippen LogP contribution >= 0.6 is 0 Å². The molecule has 0 aliphatic rings. The Morgan fingerprint density at radius 3 is 2.27 bits per heavy atom. The van der Waals surface area contributed by atoms with Crippen molar-refractivity contribution in [2.45, 2.75) is 0 Å². The van der Waals surface area contributed by atoms with E-state index in [2.05, 4.69) is 5.16 Å². The average molecular weight is 290 g/mol. The van der Waals surface area contributed by atoms with Crippen LogP contribution in [0.3, 0.4) is 0 Å². The highest BCUT2D eigenvalue weighted by molar-refractivity contribution is 5.99. The van der Waals surface area contributed by atoms with Crippen LogP contribution in [0.15, 0.2) is 78.0 Å². The molecular formula is C18H14N2O2. The smallest absolute Gasteiger partial charge is 0.365 e. The van der Waals surface area contributed by atoms with E-state index in [4.69, 9.17) is 10.6 Å². The molecule has 0 aliphatic heterocycles. The van der Waals surface area contributed by atoms with Crippen LogP contribution in [0.5, 0.6) is 0 Å². The molecular weight excluding hydrogens is 276 g/mol. The second kappa shape index (κ2) is 6.10. The van der Waals surface area contributed by atoms with E-state index < -0.39 is 5.97 Å². The van der Waals surface area contributed by atoms with Crippen molar-refractivity contribution in [3.8, 4) is 0 Å². The number of carbonyl (C=O) groups is 1. The van der Waals surface area contributed by atoms with E-state index in [1.807, 2.05) is 48.5 Å². The van der Waals surface area contributed by atoms with Crippen LogP contribution in [0, 0.1) is 0 Å². The molecule has 0 radical (unpaired) electrons. The number of hydrogen-bond donors (Lipinski definition) is 1. The summed E-state index contributed by atoms with van der Waals surface area (Å²) in [5.74, 6) is -0.376. The third-order valence-corrected chi connectivity index (χ3v) is 3.28. The van der Waals surface area contributed by atoms with Crippen LogP contribution in [-0.2, 0) is 4.84 Å². The minimum Gasteiger partial charge on any atom is -0.380 e. The van der Waals surface area contributed by atoms with E-state index in [0.717, 1.165) is 10.8 Å². The number of amidine groups is 1. The fourth-order valence-electron chi connectivity index (χ4n) is 2.12. The Bertz CT molecular complexity index is 842. The average Bonchev–Trinajstić information content (AvgIpc) is 2.59. The molecule has 3 aromatic rings. The van der Waals surface area contributed by atoms with Gasteiger partial charge in [0.15, 0.2) is 5.84 Å². The SMILES string of the molecule is NC(=NOC(=O)c1ccc2ccccc2c1)c1ccccc1. The second-order valence-corrected chi connectivity index (χ2v) is 4.78. The highest BCUT2D eigenvalue weighted by Gasteiger charge is 2.08. The number of carbonyl (C=O) groups excluding carboxylic acids is 1. The van der Waals surface area contributed by atoms with Crippen LogP contribution in [-0.4, -0.2) is 11.8 Å². The number of rotatable bonds is 3. The molecule has 3 rings (SSSR count). The predicted octanol–water partition coefficient (Wildman–Crippen LogP) is 3.32. The molecule has 0 aliphatic carbocycles. The number of nitrogens with two attached hydrogens (primary N) is 1. The molecule has 0 saturated heterocycles. The van der Waals surface area contributed by atoms with Crippen molar-refractivity contribution in [1.29, 1.82) is 0 Å². The zero-order valence-electron chi connectivity index (χ0n) is 11.8. The molecule has 2 N–H and O–H groups in total. The number of benzene rings is 3. The summed E-state index contributed by atoms with van der Waals surface area (Å²) in [6, 6.07) is 22.3. The minimum absolute atomic E-state index is 0.162. The topological polar surface area (TPSA) is 64.7 Å². The summed E-state index contributed by atoms with van der Waals surface area (Å²) >= 11 is 0. The first-order chi connectivity index (χ1) is 10.7. The molecule has 4 heteroatoms. The van der Waals surface area contributed by atoms with E-state index in [1.165, 1.54) is 0 Å². The third-order valence-electron chi connectivity index (χ3n) is 3.28. The van der Waals surface area contributed by atoms with Crippen molar-refractivity contribution in [3.63, 3.8) is 0 Å². The lowest BCUT2D eigenvalue weighted by atomic mass is 10.1. The van der Waals surface area contributed by atoms with Gasteiger partial charge in [0.25, 0.3) is 0 Å². The monoisotopic (exact) mass is 290 g/mol. The fourth-order valence-corrected chi connectivity index (χ4v) is 2.12. The number of nitrogens with zero attached hydrogens (tertiary/aromatic N) is 1. The maximum absolute atomic E-state index is 12.0. The minimum atomic E-state index is -0.537. The van der Waals surface area contributed by atoms with E-state index in [-0.39, 0.29) is 5.84 Å². The fraction of sp³-hybridized carbons (Fsp3) is 0. The van der Waals surface area contributed by atoms with Gasteiger partial charge >= 0.3 is 5.97 Å². The maximum Gasteiger partial charge on any atom is 0.365 e. The van der Waals surface area contributed by atoms with Crippen molar-refractivity contribution in [2.24, 2.45) is 10.9 Å². The standard InChI is InChI=1S/C18H14N2O2/c19-17(14-7-2-1-3-8-14)20-22-18(21)16-11-10-13-6-4-5-9-15(13)12-16/h1-12H,(H2,19,20). The zero-order chi connectivity index (χ0) is 15.4. The van der Waals surface area contributed by atoms with Gasteiger partial charge < -0.3 is 10.6 Å². The summed E-state index contributed by atoms with van der Waals surface area (Å²) in [7, 11) is 0. The van der Waals surface area contributed by atoms with Gasteiger partial charge in [-0.3, -0.25) is 0 Å². The molecule has 0 amide bonds. The molecule has 0 spiro atoms. The molecule has 0 atom stereocenters. The van der Waals surface area contributed by atoms with Gasteiger partial charge in [-0.25, -0.2) is 4.79 Å². The van der Waals surface area contributed by atoms with Gasteiger partial charge in [-0.1, -0.05) is 65.8 Å². The van der Waals surface area contributed by atoms with E-state index >= 15 is 0 Å².